The van der Waals surface area contributed by atoms with E-state index in [-0.39, 0.29) is 0 Å². The van der Waals surface area contributed by atoms with Gasteiger partial charge in [0.15, 0.2) is 0 Å². The molecule has 0 amide bonds. The highest BCUT2D eigenvalue weighted by atomic mass is 79.9. The summed E-state index contributed by atoms with van der Waals surface area (Å²) in [7, 11) is 2.16. The van der Waals surface area contributed by atoms with Gasteiger partial charge in [-0.25, -0.2) is 0 Å². The van der Waals surface area contributed by atoms with E-state index in [2.05, 4.69) is 46.1 Å². The van der Waals surface area contributed by atoms with Gasteiger partial charge in [0, 0.05) is 23.5 Å². The van der Waals surface area contributed by atoms with Gasteiger partial charge in [0.25, 0.3) is 0 Å². The van der Waals surface area contributed by atoms with Crippen molar-refractivity contribution in [1.82, 2.24) is 4.90 Å². The summed E-state index contributed by atoms with van der Waals surface area (Å²) in [4.78, 5) is 2.34. The Labute approximate surface area is 99.6 Å². The van der Waals surface area contributed by atoms with Crippen molar-refractivity contribution in [2.24, 2.45) is 5.73 Å². The summed E-state index contributed by atoms with van der Waals surface area (Å²) >= 11 is 3.65. The summed E-state index contributed by atoms with van der Waals surface area (Å²) in [6.45, 7) is 3.07. The predicted octanol–water partition coefficient (Wildman–Crippen LogP) is 1.98. The first-order chi connectivity index (χ1) is 7.20. The van der Waals surface area contributed by atoms with E-state index in [9.17, 15) is 0 Å². The molecule has 3 heteroatoms. The molecule has 0 radical (unpaired) electrons. The molecule has 2 N–H and O–H groups in total. The molecule has 0 saturated carbocycles. The third kappa shape index (κ3) is 2.41. The van der Waals surface area contributed by atoms with Crippen LogP contribution in [0.5, 0.6) is 0 Å². The summed E-state index contributed by atoms with van der Waals surface area (Å²) in [5.41, 5.74) is 8.30. The Morgan fingerprint density at radius 1 is 1.47 bits per heavy atom. The van der Waals surface area contributed by atoms with Crippen LogP contribution in [-0.2, 0) is 6.42 Å². The lowest BCUT2D eigenvalue weighted by atomic mass is 9.91. The van der Waals surface area contributed by atoms with Crippen LogP contribution in [0.15, 0.2) is 22.7 Å². The number of nitrogens with zero attached hydrogens (tertiary/aromatic N) is 1. The van der Waals surface area contributed by atoms with Crippen molar-refractivity contribution in [3.8, 4) is 0 Å². The third-order valence-corrected chi connectivity index (χ3v) is 3.69. The first-order valence-electron chi connectivity index (χ1n) is 5.37. The third-order valence-electron chi connectivity index (χ3n) is 3.00. The number of likely N-dealkylation sites (tertiary alicyclic amines) is 1. The Morgan fingerprint density at radius 2 is 2.20 bits per heavy atom. The van der Waals surface area contributed by atoms with Crippen LogP contribution in [0, 0.1) is 0 Å². The van der Waals surface area contributed by atoms with Gasteiger partial charge in [-0.1, -0.05) is 28.1 Å². The molecule has 1 aliphatic rings. The molecule has 15 heavy (non-hydrogen) atoms. The van der Waals surface area contributed by atoms with Crippen LogP contribution in [0.2, 0.25) is 0 Å². The second-order valence-electron chi connectivity index (χ2n) is 4.31. The largest absolute Gasteiger partial charge is 0.330 e. The number of halogens is 1. The summed E-state index contributed by atoms with van der Waals surface area (Å²) in [5.74, 6) is 0.705. The number of rotatable bonds is 3. The normalized spacial score (nSPS) is 17.8. The quantitative estimate of drug-likeness (QED) is 0.909. The number of nitrogens with two attached hydrogens (primary N) is 1. The molecule has 1 heterocycles. The average molecular weight is 269 g/mol. The van der Waals surface area contributed by atoms with Gasteiger partial charge in [0.2, 0.25) is 0 Å². The minimum Gasteiger partial charge on any atom is -0.330 e. The summed E-state index contributed by atoms with van der Waals surface area (Å²) < 4.78 is 1.24. The smallest absolute Gasteiger partial charge is 0.0213 e. The highest BCUT2D eigenvalue weighted by Gasteiger charge is 2.26. The van der Waals surface area contributed by atoms with Crippen molar-refractivity contribution in [3.63, 3.8) is 0 Å². The van der Waals surface area contributed by atoms with E-state index in [1.165, 1.54) is 28.7 Å². The van der Waals surface area contributed by atoms with Crippen molar-refractivity contribution in [2.75, 3.05) is 26.7 Å². The molecule has 0 atom stereocenters. The molecule has 1 aromatic rings. The Kier molecular flexibility index (Phi) is 3.44. The number of hydrogen-bond donors (Lipinski definition) is 1. The average Bonchev–Trinajstić information content (AvgIpc) is 2.15. The van der Waals surface area contributed by atoms with Crippen molar-refractivity contribution in [3.05, 3.63) is 33.8 Å². The summed E-state index contributed by atoms with van der Waals surface area (Å²) in [6.07, 6.45) is 0.962. The van der Waals surface area contributed by atoms with E-state index >= 15 is 0 Å². The molecule has 1 aliphatic heterocycles. The zero-order valence-corrected chi connectivity index (χ0v) is 10.6. The highest BCUT2D eigenvalue weighted by Crippen LogP contribution is 2.31. The van der Waals surface area contributed by atoms with E-state index in [1.807, 2.05) is 0 Å². The molecular formula is C12H17BrN2. The molecule has 0 aliphatic carbocycles. The van der Waals surface area contributed by atoms with E-state index in [1.54, 1.807) is 0 Å². The maximum atomic E-state index is 5.54. The van der Waals surface area contributed by atoms with Crippen LogP contribution in [0.4, 0.5) is 0 Å². The van der Waals surface area contributed by atoms with Crippen LogP contribution >= 0.6 is 15.9 Å². The Morgan fingerprint density at radius 3 is 2.73 bits per heavy atom. The van der Waals surface area contributed by atoms with Crippen LogP contribution in [0.25, 0.3) is 0 Å². The summed E-state index contributed by atoms with van der Waals surface area (Å²) in [6, 6.07) is 6.65. The van der Waals surface area contributed by atoms with Gasteiger partial charge in [-0.05, 0) is 37.2 Å². The molecular weight excluding hydrogens is 252 g/mol. The molecule has 1 aromatic carbocycles. The van der Waals surface area contributed by atoms with Crippen LogP contribution in [-0.4, -0.2) is 31.6 Å². The summed E-state index contributed by atoms with van der Waals surface area (Å²) in [5, 5.41) is 0. The fourth-order valence-electron chi connectivity index (χ4n) is 2.12. The molecule has 0 aromatic heterocycles. The zero-order valence-electron chi connectivity index (χ0n) is 9.04. The molecule has 2 rings (SSSR count). The van der Waals surface area contributed by atoms with Gasteiger partial charge >= 0.3 is 0 Å². The van der Waals surface area contributed by atoms with Gasteiger partial charge in [0.05, 0.1) is 0 Å². The van der Waals surface area contributed by atoms with Gasteiger partial charge in [0.1, 0.15) is 0 Å². The molecule has 0 unspecified atom stereocenters. The predicted molar refractivity (Wildman–Crippen MR) is 67.1 cm³/mol. The van der Waals surface area contributed by atoms with Crippen molar-refractivity contribution < 1.29 is 0 Å². The highest BCUT2D eigenvalue weighted by molar-refractivity contribution is 9.10. The maximum Gasteiger partial charge on any atom is 0.0213 e. The van der Waals surface area contributed by atoms with Crippen LogP contribution in [0.3, 0.4) is 0 Å². The minimum atomic E-state index is 0.705. The van der Waals surface area contributed by atoms with E-state index in [0.29, 0.717) is 5.92 Å². The van der Waals surface area contributed by atoms with Crippen molar-refractivity contribution in [2.45, 2.75) is 12.3 Å². The number of hydrogen-bond acceptors (Lipinski definition) is 2. The molecule has 0 bridgehead atoms. The molecule has 2 nitrogen and oxygen atoms in total. The number of benzene rings is 1. The molecule has 1 saturated heterocycles. The monoisotopic (exact) mass is 268 g/mol. The van der Waals surface area contributed by atoms with Gasteiger partial charge in [-0.3, -0.25) is 0 Å². The second kappa shape index (κ2) is 4.64. The van der Waals surface area contributed by atoms with Crippen molar-refractivity contribution in [1.29, 1.82) is 0 Å². The topological polar surface area (TPSA) is 29.3 Å². The Balaban J connectivity index is 2.12. The minimum absolute atomic E-state index is 0.705. The standard InChI is InChI=1S/C12H17BrN2/c1-15-7-10(8-15)11-3-2-9(4-5-14)6-12(11)13/h2-3,6,10H,4-5,7-8,14H2,1H3. The first-order valence-corrected chi connectivity index (χ1v) is 6.17. The van der Waals surface area contributed by atoms with E-state index in [0.717, 1.165) is 13.0 Å². The lowest BCUT2D eigenvalue weighted by molar-refractivity contribution is 0.189. The SMILES string of the molecule is CN1CC(c2ccc(CCN)cc2Br)C1. The van der Waals surface area contributed by atoms with Crippen molar-refractivity contribution >= 4 is 15.9 Å². The van der Waals surface area contributed by atoms with E-state index < -0.39 is 0 Å². The molecule has 1 fully saturated rings. The zero-order chi connectivity index (χ0) is 10.8. The van der Waals surface area contributed by atoms with Gasteiger partial charge in [-0.2, -0.15) is 0 Å². The lowest BCUT2D eigenvalue weighted by Gasteiger charge is -2.37. The Hall–Kier alpha value is -0.380. The molecule has 0 spiro atoms. The van der Waals surface area contributed by atoms with Crippen LogP contribution < -0.4 is 5.73 Å². The fraction of sp³-hybridized carbons (Fsp3) is 0.500. The first kappa shape index (κ1) is 11.1. The lowest BCUT2D eigenvalue weighted by Crippen LogP contribution is -2.41. The van der Waals surface area contributed by atoms with Gasteiger partial charge < -0.3 is 10.6 Å². The number of likely N-dealkylation sites (N-methyl/N-ethyl adjacent to an activating group) is 1. The fourth-order valence-corrected chi connectivity index (χ4v) is 2.87. The Bertz CT molecular complexity index is 345. The van der Waals surface area contributed by atoms with Crippen LogP contribution in [0.1, 0.15) is 17.0 Å². The van der Waals surface area contributed by atoms with E-state index in [4.69, 9.17) is 5.73 Å². The molecule has 82 valence electrons. The van der Waals surface area contributed by atoms with Gasteiger partial charge in [-0.15, -0.1) is 0 Å². The second-order valence-corrected chi connectivity index (χ2v) is 5.17. The maximum absolute atomic E-state index is 5.54.